The van der Waals surface area contributed by atoms with Gasteiger partial charge in [-0.1, -0.05) is 0 Å². The first kappa shape index (κ1) is 20.8. The van der Waals surface area contributed by atoms with Gasteiger partial charge < -0.3 is 35.4 Å². The quantitative estimate of drug-likeness (QED) is 0.507. The van der Waals surface area contributed by atoms with Crippen molar-refractivity contribution in [3.05, 3.63) is 0 Å². The summed E-state index contributed by atoms with van der Waals surface area (Å²) in [5.74, 6) is 1.07. The molecule has 152 valence electrons. The summed E-state index contributed by atoms with van der Waals surface area (Å²) < 4.78 is 46.3. The lowest BCUT2D eigenvalue weighted by atomic mass is 9.52. The highest BCUT2D eigenvalue weighted by Gasteiger charge is 2.65. The Morgan fingerprint density at radius 1 is 0.577 bits per heavy atom. The summed E-state index contributed by atoms with van der Waals surface area (Å²) in [5.41, 5.74) is -0.735. The molecule has 4 saturated carbocycles. The van der Waals surface area contributed by atoms with Crippen LogP contribution in [0.1, 0.15) is 38.5 Å². The van der Waals surface area contributed by atoms with E-state index >= 15 is 0 Å². The fourth-order valence-electron chi connectivity index (χ4n) is 5.62. The molecule has 0 spiro atoms. The summed E-state index contributed by atoms with van der Waals surface area (Å²) >= 11 is 0. The molecule has 10 heteroatoms. The first-order chi connectivity index (χ1) is 12.3. The van der Waals surface area contributed by atoms with Crippen LogP contribution in [-0.4, -0.2) is 72.0 Å². The topological polar surface area (TPSA) is 73.8 Å². The van der Waals surface area contributed by atoms with Crippen LogP contribution in [0.25, 0.3) is 0 Å². The van der Waals surface area contributed by atoms with Gasteiger partial charge in [0.15, 0.2) is 0 Å². The van der Waals surface area contributed by atoms with Gasteiger partial charge in [0.25, 0.3) is 0 Å². The predicted molar refractivity (Wildman–Crippen MR) is 95.9 cm³/mol. The Kier molecular flexibility index (Phi) is 6.01. The van der Waals surface area contributed by atoms with Crippen molar-refractivity contribution in [2.75, 3.05) is 42.7 Å². The van der Waals surface area contributed by atoms with Crippen LogP contribution in [0.4, 0.5) is 0 Å². The van der Waals surface area contributed by atoms with Crippen molar-refractivity contribution in [3.8, 4) is 0 Å². The van der Waals surface area contributed by atoms with Crippen molar-refractivity contribution in [3.63, 3.8) is 0 Å². The molecule has 0 aliphatic heterocycles. The second-order valence-corrected chi connectivity index (χ2v) is 12.6. The molecule has 0 radical (unpaired) electrons. The molecule has 0 aromatic carbocycles. The van der Waals surface area contributed by atoms with Gasteiger partial charge in [-0.15, -0.1) is 0 Å². The van der Waals surface area contributed by atoms with E-state index in [-0.39, 0.29) is 11.2 Å². The maximum atomic E-state index is 6.51. The van der Waals surface area contributed by atoms with Crippen LogP contribution in [0.2, 0.25) is 0 Å². The van der Waals surface area contributed by atoms with Crippen molar-refractivity contribution in [1.29, 1.82) is 0 Å². The van der Waals surface area contributed by atoms with Gasteiger partial charge in [-0.25, -0.2) is 0 Å². The number of rotatable bonds is 10. The second kappa shape index (κ2) is 7.50. The lowest BCUT2D eigenvalue weighted by Crippen LogP contribution is -2.67. The lowest BCUT2D eigenvalue weighted by Gasteiger charge is -2.62. The van der Waals surface area contributed by atoms with Gasteiger partial charge in [-0.05, 0) is 43.9 Å². The fourth-order valence-corrected chi connectivity index (χ4v) is 8.65. The van der Waals surface area contributed by atoms with Gasteiger partial charge in [0, 0.05) is 49.1 Å². The SMILES string of the molecule is CO[Si](OC)(OC)OC12CC3CC(C1)CC(O[Si](OC)(OC)OC)(C3)C2. The van der Waals surface area contributed by atoms with E-state index in [2.05, 4.69) is 0 Å². The Bertz CT molecular complexity index is 426. The molecule has 26 heavy (non-hydrogen) atoms. The van der Waals surface area contributed by atoms with E-state index in [1.165, 1.54) is 6.42 Å². The lowest BCUT2D eigenvalue weighted by molar-refractivity contribution is -0.222. The van der Waals surface area contributed by atoms with E-state index < -0.39 is 18.1 Å². The highest BCUT2D eigenvalue weighted by molar-refractivity contribution is 6.54. The maximum Gasteiger partial charge on any atom is 0.679 e. The second-order valence-electron chi connectivity index (χ2n) is 7.76. The largest absolute Gasteiger partial charge is 0.679 e. The Morgan fingerprint density at radius 2 is 0.885 bits per heavy atom. The predicted octanol–water partition coefficient (Wildman–Crippen LogP) is 1.86. The minimum absolute atomic E-state index is 0.367. The zero-order chi connectivity index (χ0) is 19.1. The zero-order valence-corrected chi connectivity index (χ0v) is 18.7. The molecule has 0 atom stereocenters. The van der Waals surface area contributed by atoms with Crippen LogP contribution in [0.3, 0.4) is 0 Å². The minimum atomic E-state index is -3.16. The van der Waals surface area contributed by atoms with Gasteiger partial charge in [0.2, 0.25) is 0 Å². The van der Waals surface area contributed by atoms with Crippen molar-refractivity contribution >= 4 is 18.1 Å². The monoisotopic (exact) mass is 408 g/mol. The maximum absolute atomic E-state index is 6.51. The summed E-state index contributed by atoms with van der Waals surface area (Å²) in [5, 5.41) is 0. The zero-order valence-electron chi connectivity index (χ0n) is 16.7. The van der Waals surface area contributed by atoms with Gasteiger partial charge in [-0.3, -0.25) is 0 Å². The van der Waals surface area contributed by atoms with E-state index in [1.54, 1.807) is 42.7 Å². The molecule has 8 nitrogen and oxygen atoms in total. The molecule has 0 amide bonds. The smallest absolute Gasteiger partial charge is 0.355 e. The molecule has 4 bridgehead atoms. The van der Waals surface area contributed by atoms with Gasteiger partial charge in [-0.2, -0.15) is 0 Å². The van der Waals surface area contributed by atoms with E-state index in [1.807, 2.05) is 0 Å². The van der Waals surface area contributed by atoms with Crippen LogP contribution in [0, 0.1) is 11.8 Å². The normalized spacial score (nSPS) is 36.7. The van der Waals surface area contributed by atoms with Crippen molar-refractivity contribution in [2.45, 2.75) is 49.7 Å². The molecule has 0 aromatic heterocycles. The minimum Gasteiger partial charge on any atom is -0.355 e. The summed E-state index contributed by atoms with van der Waals surface area (Å²) in [6.45, 7) is 0. The van der Waals surface area contributed by atoms with Crippen LogP contribution in [-0.2, 0) is 35.4 Å². The molecule has 0 unspecified atom stereocenters. The first-order valence-electron chi connectivity index (χ1n) is 9.06. The molecule has 4 aliphatic carbocycles. The average Bonchev–Trinajstić information content (AvgIpc) is 2.63. The Labute approximate surface area is 158 Å². The molecule has 4 fully saturated rings. The molecule has 0 N–H and O–H groups in total. The van der Waals surface area contributed by atoms with Crippen molar-refractivity contribution in [2.24, 2.45) is 11.8 Å². The standard InChI is InChI=1S/C16H32O8Si2/c1-17-25(18-2,19-3)23-15-8-13-7-14(9-15)11-16(10-13,12-15)24-26(20-4,21-5)22-6/h13-14H,7-12H2,1-6H3. The number of hydrogen-bond acceptors (Lipinski definition) is 8. The highest BCUT2D eigenvalue weighted by Crippen LogP contribution is 2.61. The Hall–Kier alpha value is 0.114. The molecule has 0 aromatic rings. The Balaban J connectivity index is 1.87. The van der Waals surface area contributed by atoms with Crippen molar-refractivity contribution in [1.82, 2.24) is 0 Å². The van der Waals surface area contributed by atoms with Crippen LogP contribution >= 0.6 is 0 Å². The molecular weight excluding hydrogens is 376 g/mol. The average molecular weight is 409 g/mol. The molecule has 4 rings (SSSR count). The van der Waals surface area contributed by atoms with Gasteiger partial charge in [0.05, 0.1) is 11.2 Å². The third kappa shape index (κ3) is 3.56. The van der Waals surface area contributed by atoms with Crippen LogP contribution < -0.4 is 0 Å². The van der Waals surface area contributed by atoms with Crippen LogP contribution in [0.5, 0.6) is 0 Å². The molecule has 0 saturated heterocycles. The third-order valence-corrected chi connectivity index (χ3v) is 10.5. The first-order valence-corrected chi connectivity index (χ1v) is 12.3. The van der Waals surface area contributed by atoms with Gasteiger partial charge in [0.1, 0.15) is 0 Å². The summed E-state index contributed by atoms with van der Waals surface area (Å²) in [4.78, 5) is 0. The van der Waals surface area contributed by atoms with Crippen LogP contribution in [0.15, 0.2) is 0 Å². The van der Waals surface area contributed by atoms with E-state index in [4.69, 9.17) is 35.4 Å². The van der Waals surface area contributed by atoms with E-state index in [0.717, 1.165) is 32.1 Å². The van der Waals surface area contributed by atoms with Crippen molar-refractivity contribution < 1.29 is 35.4 Å². The highest BCUT2D eigenvalue weighted by atomic mass is 28.4. The molecule has 4 aliphatic rings. The third-order valence-electron chi connectivity index (χ3n) is 6.14. The summed E-state index contributed by atoms with van der Waals surface area (Å²) in [6, 6.07) is 0. The molecule has 0 heterocycles. The fraction of sp³-hybridized carbons (Fsp3) is 1.00. The summed E-state index contributed by atoms with van der Waals surface area (Å²) in [6.07, 6.45) is 5.84. The molecular formula is C16H32O8Si2. The van der Waals surface area contributed by atoms with Gasteiger partial charge >= 0.3 is 18.1 Å². The summed E-state index contributed by atoms with van der Waals surface area (Å²) in [7, 11) is 3.13. The number of hydrogen-bond donors (Lipinski definition) is 0. The Morgan fingerprint density at radius 3 is 1.15 bits per heavy atom. The van der Waals surface area contributed by atoms with E-state index in [9.17, 15) is 0 Å². The van der Waals surface area contributed by atoms with E-state index in [0.29, 0.717) is 11.8 Å².